The Morgan fingerprint density at radius 2 is 1.90 bits per heavy atom. The lowest BCUT2D eigenvalue weighted by atomic mass is 9.87. The van der Waals surface area contributed by atoms with Gasteiger partial charge in [-0.3, -0.25) is 0 Å². The molecule has 2 N–H and O–H groups in total. The highest BCUT2D eigenvalue weighted by Crippen LogP contribution is 2.37. The summed E-state index contributed by atoms with van der Waals surface area (Å²) in [6, 6.07) is 16.9. The smallest absolute Gasteiger partial charge is 0.122 e. The molecule has 0 amide bonds. The molecule has 0 aromatic heterocycles. The molecule has 110 valence electrons. The average Bonchev–Trinajstić information content (AvgIpc) is 2.92. The Bertz CT molecular complexity index is 596. The van der Waals surface area contributed by atoms with Gasteiger partial charge in [0.2, 0.25) is 0 Å². The molecule has 0 saturated carbocycles. The molecule has 2 aromatic carbocycles. The monoisotopic (exact) mass is 345 g/mol. The summed E-state index contributed by atoms with van der Waals surface area (Å²) < 4.78 is 6.89. The van der Waals surface area contributed by atoms with Gasteiger partial charge < -0.3 is 10.5 Å². The summed E-state index contributed by atoms with van der Waals surface area (Å²) in [5.41, 5.74) is 8.69. The van der Waals surface area contributed by atoms with Crippen molar-refractivity contribution in [1.29, 1.82) is 0 Å². The SMILES string of the molecule is NCC(Cc1ccc(Br)cc1)CC1COc2ccccc21. The maximum Gasteiger partial charge on any atom is 0.122 e. The minimum atomic E-state index is 0.477. The van der Waals surface area contributed by atoms with E-state index < -0.39 is 0 Å². The lowest BCUT2D eigenvalue weighted by molar-refractivity contribution is 0.306. The van der Waals surface area contributed by atoms with Crippen LogP contribution in [0.2, 0.25) is 0 Å². The fourth-order valence-corrected chi connectivity index (χ4v) is 3.31. The van der Waals surface area contributed by atoms with E-state index in [0.717, 1.165) is 29.7 Å². The summed E-state index contributed by atoms with van der Waals surface area (Å²) in [4.78, 5) is 0. The number of fused-ring (bicyclic) bond motifs is 1. The number of ether oxygens (including phenoxy) is 1. The molecular weight excluding hydrogens is 326 g/mol. The number of hydrogen-bond acceptors (Lipinski definition) is 2. The Morgan fingerprint density at radius 1 is 1.14 bits per heavy atom. The summed E-state index contributed by atoms with van der Waals surface area (Å²) in [7, 11) is 0. The Labute approximate surface area is 134 Å². The van der Waals surface area contributed by atoms with Gasteiger partial charge in [-0.2, -0.15) is 0 Å². The third kappa shape index (κ3) is 3.47. The highest BCUT2D eigenvalue weighted by atomic mass is 79.9. The second-order valence-corrected chi connectivity index (χ2v) is 6.63. The highest BCUT2D eigenvalue weighted by molar-refractivity contribution is 9.10. The van der Waals surface area contributed by atoms with Crippen LogP contribution in [0.1, 0.15) is 23.5 Å². The van der Waals surface area contributed by atoms with E-state index in [1.54, 1.807) is 0 Å². The van der Waals surface area contributed by atoms with Gasteiger partial charge in [-0.1, -0.05) is 46.3 Å². The maximum absolute atomic E-state index is 6.00. The summed E-state index contributed by atoms with van der Waals surface area (Å²) in [6.45, 7) is 1.50. The van der Waals surface area contributed by atoms with Gasteiger partial charge in [0, 0.05) is 16.0 Å². The Balaban J connectivity index is 1.67. The third-order valence-corrected chi connectivity index (χ3v) is 4.72. The van der Waals surface area contributed by atoms with Crippen molar-refractivity contribution in [3.05, 3.63) is 64.1 Å². The third-order valence-electron chi connectivity index (χ3n) is 4.19. The second kappa shape index (κ2) is 6.63. The van der Waals surface area contributed by atoms with Crippen LogP contribution < -0.4 is 10.5 Å². The van der Waals surface area contributed by atoms with Crippen LogP contribution in [0.4, 0.5) is 0 Å². The summed E-state index contributed by atoms with van der Waals surface area (Å²) in [5, 5.41) is 0. The predicted molar refractivity (Wildman–Crippen MR) is 89.7 cm³/mol. The quantitative estimate of drug-likeness (QED) is 0.883. The van der Waals surface area contributed by atoms with Crippen LogP contribution in [-0.2, 0) is 6.42 Å². The Hall–Kier alpha value is -1.32. The number of para-hydroxylation sites is 1. The maximum atomic E-state index is 6.00. The molecule has 3 heteroatoms. The first-order chi connectivity index (χ1) is 10.3. The normalized spacial score (nSPS) is 18.1. The molecule has 1 aliphatic heterocycles. The average molecular weight is 346 g/mol. The fraction of sp³-hybridized carbons (Fsp3) is 0.333. The molecule has 0 saturated heterocycles. The first-order valence-corrected chi connectivity index (χ1v) is 8.22. The lowest BCUT2D eigenvalue weighted by Gasteiger charge is -2.18. The van der Waals surface area contributed by atoms with E-state index in [1.165, 1.54) is 11.1 Å². The molecule has 0 bridgehead atoms. The van der Waals surface area contributed by atoms with E-state index in [4.69, 9.17) is 10.5 Å². The topological polar surface area (TPSA) is 35.2 Å². The van der Waals surface area contributed by atoms with Gasteiger partial charge in [0.25, 0.3) is 0 Å². The first-order valence-electron chi connectivity index (χ1n) is 7.42. The van der Waals surface area contributed by atoms with Crippen LogP contribution in [0.5, 0.6) is 5.75 Å². The van der Waals surface area contributed by atoms with E-state index >= 15 is 0 Å². The summed E-state index contributed by atoms with van der Waals surface area (Å²) in [6.07, 6.45) is 2.12. The molecule has 0 radical (unpaired) electrons. The van der Waals surface area contributed by atoms with Crippen molar-refractivity contribution < 1.29 is 4.74 Å². The molecule has 1 heterocycles. The molecule has 1 aliphatic rings. The van der Waals surface area contributed by atoms with Crippen molar-refractivity contribution in [3.63, 3.8) is 0 Å². The van der Waals surface area contributed by atoms with Crippen molar-refractivity contribution in [2.24, 2.45) is 11.7 Å². The van der Waals surface area contributed by atoms with E-state index in [9.17, 15) is 0 Å². The standard InChI is InChI=1S/C18H20BrNO/c19-16-7-5-13(6-8-16)9-14(11-20)10-15-12-21-18-4-2-1-3-17(15)18/h1-8,14-15H,9-12,20H2. The Morgan fingerprint density at radius 3 is 2.67 bits per heavy atom. The highest BCUT2D eigenvalue weighted by Gasteiger charge is 2.26. The first kappa shape index (κ1) is 14.6. The van der Waals surface area contributed by atoms with Crippen molar-refractivity contribution in [1.82, 2.24) is 0 Å². The van der Waals surface area contributed by atoms with Crippen molar-refractivity contribution >= 4 is 15.9 Å². The van der Waals surface area contributed by atoms with Crippen LogP contribution in [0.25, 0.3) is 0 Å². The minimum absolute atomic E-state index is 0.477. The second-order valence-electron chi connectivity index (χ2n) is 5.71. The van der Waals surface area contributed by atoms with Gasteiger partial charge in [0.05, 0.1) is 6.61 Å². The number of hydrogen-bond donors (Lipinski definition) is 1. The molecule has 0 spiro atoms. The van der Waals surface area contributed by atoms with Gasteiger partial charge in [0.1, 0.15) is 5.75 Å². The van der Waals surface area contributed by atoms with Crippen LogP contribution in [-0.4, -0.2) is 13.2 Å². The minimum Gasteiger partial charge on any atom is -0.493 e. The largest absolute Gasteiger partial charge is 0.493 e. The van der Waals surface area contributed by atoms with Crippen molar-refractivity contribution in [2.75, 3.05) is 13.2 Å². The lowest BCUT2D eigenvalue weighted by Crippen LogP contribution is -2.20. The molecule has 0 aliphatic carbocycles. The summed E-state index contributed by atoms with van der Waals surface area (Å²) in [5.74, 6) is 2.01. The zero-order valence-corrected chi connectivity index (χ0v) is 13.6. The van der Waals surface area contributed by atoms with Gasteiger partial charge in [-0.15, -0.1) is 0 Å². The molecule has 2 nitrogen and oxygen atoms in total. The van der Waals surface area contributed by atoms with Crippen LogP contribution in [0.15, 0.2) is 53.0 Å². The molecule has 2 unspecified atom stereocenters. The van der Waals surface area contributed by atoms with E-state index in [1.807, 2.05) is 6.07 Å². The molecule has 3 rings (SSSR count). The fourth-order valence-electron chi connectivity index (χ4n) is 3.04. The Kier molecular flexibility index (Phi) is 4.61. The predicted octanol–water partition coefficient (Wildman–Crippen LogP) is 4.13. The summed E-state index contributed by atoms with van der Waals surface area (Å²) >= 11 is 3.48. The van der Waals surface area contributed by atoms with Gasteiger partial charge in [0.15, 0.2) is 0 Å². The van der Waals surface area contributed by atoms with Gasteiger partial charge in [-0.05, 0) is 49.1 Å². The van der Waals surface area contributed by atoms with Crippen LogP contribution in [0, 0.1) is 5.92 Å². The van der Waals surface area contributed by atoms with Gasteiger partial charge in [-0.25, -0.2) is 0 Å². The van der Waals surface area contributed by atoms with Crippen molar-refractivity contribution in [2.45, 2.75) is 18.8 Å². The van der Waals surface area contributed by atoms with Crippen LogP contribution in [0.3, 0.4) is 0 Å². The molecular formula is C18H20BrNO. The molecule has 2 aromatic rings. The number of nitrogens with two attached hydrogens (primary N) is 1. The van der Waals surface area contributed by atoms with E-state index in [-0.39, 0.29) is 0 Å². The zero-order valence-electron chi connectivity index (χ0n) is 12.0. The zero-order chi connectivity index (χ0) is 14.7. The number of benzene rings is 2. The van der Waals surface area contributed by atoms with E-state index in [2.05, 4.69) is 58.4 Å². The number of halogens is 1. The van der Waals surface area contributed by atoms with Crippen molar-refractivity contribution in [3.8, 4) is 5.75 Å². The molecule has 2 atom stereocenters. The molecule has 21 heavy (non-hydrogen) atoms. The number of rotatable bonds is 5. The van der Waals surface area contributed by atoms with Gasteiger partial charge >= 0.3 is 0 Å². The van der Waals surface area contributed by atoms with E-state index in [0.29, 0.717) is 18.4 Å². The molecule has 0 fully saturated rings. The van der Waals surface area contributed by atoms with Crippen LogP contribution >= 0.6 is 15.9 Å².